The van der Waals surface area contributed by atoms with E-state index in [1.165, 1.54) is 13.0 Å². The van der Waals surface area contributed by atoms with Crippen LogP contribution in [0.5, 0.6) is 0 Å². The van der Waals surface area contributed by atoms with Crippen LogP contribution in [0.25, 0.3) is 0 Å². The van der Waals surface area contributed by atoms with Crippen LogP contribution in [0.2, 0.25) is 0 Å². The lowest BCUT2D eigenvalue weighted by molar-refractivity contribution is 0.0944. The molecule has 0 spiro atoms. The summed E-state index contributed by atoms with van der Waals surface area (Å²) >= 11 is 0. The van der Waals surface area contributed by atoms with Crippen LogP contribution in [-0.4, -0.2) is 54.7 Å². The molecule has 1 fully saturated rings. The molecule has 23 heavy (non-hydrogen) atoms. The van der Waals surface area contributed by atoms with Crippen LogP contribution in [0, 0.1) is 6.92 Å². The van der Waals surface area contributed by atoms with Crippen molar-refractivity contribution in [1.29, 1.82) is 0 Å². The van der Waals surface area contributed by atoms with Gasteiger partial charge in [-0.25, -0.2) is 0 Å². The molecular formula is C18H29N3O2. The highest BCUT2D eigenvalue weighted by Crippen LogP contribution is 2.22. The number of anilines is 1. The summed E-state index contributed by atoms with van der Waals surface area (Å²) in [6.07, 6.45) is 3.49. The van der Waals surface area contributed by atoms with Gasteiger partial charge in [0.15, 0.2) is 0 Å². The second kappa shape index (κ2) is 8.89. The van der Waals surface area contributed by atoms with Crippen LogP contribution in [0.1, 0.15) is 42.1 Å². The van der Waals surface area contributed by atoms with Gasteiger partial charge in [0.1, 0.15) is 0 Å². The number of likely N-dealkylation sites (tertiary alicyclic amines) is 1. The van der Waals surface area contributed by atoms with Crippen LogP contribution in [0.3, 0.4) is 0 Å². The molecule has 0 unspecified atom stereocenters. The fourth-order valence-corrected chi connectivity index (χ4v) is 3.14. The number of nitrogens with zero attached hydrogens (tertiary/aromatic N) is 1. The lowest BCUT2D eigenvalue weighted by Crippen LogP contribution is -2.39. The number of carbonyl (C=O) groups excluding carboxylic acids is 1. The Bertz CT molecular complexity index is 511. The van der Waals surface area contributed by atoms with Gasteiger partial charge in [-0.15, -0.1) is 0 Å². The van der Waals surface area contributed by atoms with Gasteiger partial charge in [-0.1, -0.05) is 13.0 Å². The first kappa shape index (κ1) is 17.8. The van der Waals surface area contributed by atoms with Gasteiger partial charge < -0.3 is 20.6 Å². The Labute approximate surface area is 139 Å². The summed E-state index contributed by atoms with van der Waals surface area (Å²) in [6, 6.07) is 6.25. The van der Waals surface area contributed by atoms with Crippen molar-refractivity contribution in [2.75, 3.05) is 38.1 Å². The first-order valence-corrected chi connectivity index (χ1v) is 8.63. The minimum atomic E-state index is -0.127. The quantitative estimate of drug-likeness (QED) is 0.719. The SMILES string of the molecule is CCCN1CCC(Nc2cccc(C(=O)NCCO)c2C)CC1. The molecule has 5 heteroatoms. The van der Waals surface area contributed by atoms with Crippen LogP contribution in [0.4, 0.5) is 5.69 Å². The average molecular weight is 319 g/mol. The van der Waals surface area contributed by atoms with Gasteiger partial charge in [0.25, 0.3) is 5.91 Å². The number of aliphatic hydroxyl groups excluding tert-OH is 1. The molecule has 128 valence electrons. The summed E-state index contributed by atoms with van der Waals surface area (Å²) < 4.78 is 0. The Kier molecular flexibility index (Phi) is 6.86. The van der Waals surface area contributed by atoms with E-state index in [9.17, 15) is 4.79 Å². The first-order chi connectivity index (χ1) is 11.2. The number of benzene rings is 1. The molecule has 0 aromatic heterocycles. The standard InChI is InChI=1S/C18H29N3O2/c1-3-10-21-11-7-15(8-12-21)20-17-6-4-5-16(14(17)2)18(23)19-9-13-22/h4-6,15,20,22H,3,7-13H2,1-2H3,(H,19,23). The largest absolute Gasteiger partial charge is 0.395 e. The van der Waals surface area contributed by atoms with E-state index in [1.807, 2.05) is 25.1 Å². The van der Waals surface area contributed by atoms with E-state index in [1.54, 1.807) is 0 Å². The highest BCUT2D eigenvalue weighted by molar-refractivity contribution is 5.97. The third-order valence-electron chi connectivity index (χ3n) is 4.46. The van der Waals surface area contributed by atoms with Crippen molar-refractivity contribution >= 4 is 11.6 Å². The maximum Gasteiger partial charge on any atom is 0.251 e. The average Bonchev–Trinajstić information content (AvgIpc) is 2.56. The van der Waals surface area contributed by atoms with Crippen molar-refractivity contribution in [1.82, 2.24) is 10.2 Å². The number of hydrogen-bond acceptors (Lipinski definition) is 4. The molecule has 0 aliphatic carbocycles. The molecule has 0 atom stereocenters. The van der Waals surface area contributed by atoms with E-state index in [0.717, 1.165) is 37.2 Å². The number of carbonyl (C=O) groups is 1. The molecule has 1 aromatic carbocycles. The van der Waals surface area contributed by atoms with Gasteiger partial charge in [0.05, 0.1) is 6.61 Å². The number of rotatable bonds is 7. The molecule has 1 aliphatic rings. The normalized spacial score (nSPS) is 16.3. The smallest absolute Gasteiger partial charge is 0.251 e. The lowest BCUT2D eigenvalue weighted by Gasteiger charge is -2.33. The topological polar surface area (TPSA) is 64.6 Å². The Balaban J connectivity index is 1.97. The molecule has 2 rings (SSSR count). The van der Waals surface area contributed by atoms with Gasteiger partial charge in [0.2, 0.25) is 0 Å². The predicted octanol–water partition coefficient (Wildman–Crippen LogP) is 2.00. The van der Waals surface area contributed by atoms with E-state index in [-0.39, 0.29) is 19.1 Å². The monoisotopic (exact) mass is 319 g/mol. The summed E-state index contributed by atoms with van der Waals surface area (Å²) in [6.45, 7) is 7.91. The van der Waals surface area contributed by atoms with Crippen molar-refractivity contribution in [2.45, 2.75) is 39.2 Å². The van der Waals surface area contributed by atoms with Gasteiger partial charge in [-0.2, -0.15) is 0 Å². The Morgan fingerprint density at radius 3 is 2.74 bits per heavy atom. The van der Waals surface area contributed by atoms with Gasteiger partial charge in [-0.3, -0.25) is 4.79 Å². The Hall–Kier alpha value is -1.59. The molecule has 1 aliphatic heterocycles. The molecule has 3 N–H and O–H groups in total. The van der Waals surface area contributed by atoms with Crippen LogP contribution in [-0.2, 0) is 0 Å². The van der Waals surface area contributed by atoms with Gasteiger partial charge in [-0.05, 0) is 50.4 Å². The zero-order chi connectivity index (χ0) is 16.7. The molecular weight excluding hydrogens is 290 g/mol. The second-order valence-electron chi connectivity index (χ2n) is 6.22. The van der Waals surface area contributed by atoms with E-state index < -0.39 is 0 Å². The summed E-state index contributed by atoms with van der Waals surface area (Å²) in [5.41, 5.74) is 2.68. The minimum Gasteiger partial charge on any atom is -0.395 e. The third kappa shape index (κ3) is 4.94. The predicted molar refractivity (Wildman–Crippen MR) is 94.0 cm³/mol. The molecule has 0 saturated carbocycles. The van der Waals surface area contributed by atoms with Crippen molar-refractivity contribution < 1.29 is 9.90 Å². The van der Waals surface area contributed by atoms with Gasteiger partial charge in [0, 0.05) is 36.9 Å². The second-order valence-corrected chi connectivity index (χ2v) is 6.22. The van der Waals surface area contributed by atoms with E-state index in [0.29, 0.717) is 11.6 Å². The fourth-order valence-electron chi connectivity index (χ4n) is 3.14. The number of nitrogens with one attached hydrogen (secondary N) is 2. The minimum absolute atomic E-state index is 0.0426. The van der Waals surface area contributed by atoms with Crippen molar-refractivity contribution in [3.63, 3.8) is 0 Å². The number of piperidine rings is 1. The molecule has 1 saturated heterocycles. The molecule has 0 radical (unpaired) electrons. The van der Waals surface area contributed by atoms with E-state index in [2.05, 4.69) is 22.5 Å². The number of hydrogen-bond donors (Lipinski definition) is 3. The lowest BCUT2D eigenvalue weighted by atomic mass is 10.0. The molecule has 0 bridgehead atoms. The van der Waals surface area contributed by atoms with Crippen molar-refractivity contribution in [3.05, 3.63) is 29.3 Å². The Morgan fingerprint density at radius 1 is 1.35 bits per heavy atom. The van der Waals surface area contributed by atoms with E-state index in [4.69, 9.17) is 5.11 Å². The van der Waals surface area contributed by atoms with Crippen molar-refractivity contribution in [3.8, 4) is 0 Å². The molecule has 1 aromatic rings. The summed E-state index contributed by atoms with van der Waals surface area (Å²) in [4.78, 5) is 14.6. The third-order valence-corrected chi connectivity index (χ3v) is 4.46. The van der Waals surface area contributed by atoms with Gasteiger partial charge >= 0.3 is 0 Å². The number of aliphatic hydroxyl groups is 1. The molecule has 1 heterocycles. The van der Waals surface area contributed by atoms with Crippen LogP contribution < -0.4 is 10.6 Å². The van der Waals surface area contributed by atoms with Crippen LogP contribution >= 0.6 is 0 Å². The summed E-state index contributed by atoms with van der Waals surface area (Å²) in [5.74, 6) is -0.127. The molecule has 1 amide bonds. The zero-order valence-electron chi connectivity index (χ0n) is 14.3. The summed E-state index contributed by atoms with van der Waals surface area (Å²) in [5, 5.41) is 15.2. The highest BCUT2D eigenvalue weighted by Gasteiger charge is 2.19. The fraction of sp³-hybridized carbons (Fsp3) is 0.611. The highest BCUT2D eigenvalue weighted by atomic mass is 16.3. The maximum absolute atomic E-state index is 12.1. The molecule has 5 nitrogen and oxygen atoms in total. The Morgan fingerprint density at radius 2 is 2.09 bits per heavy atom. The maximum atomic E-state index is 12.1. The van der Waals surface area contributed by atoms with E-state index >= 15 is 0 Å². The van der Waals surface area contributed by atoms with Crippen molar-refractivity contribution in [2.24, 2.45) is 0 Å². The zero-order valence-corrected chi connectivity index (χ0v) is 14.3. The first-order valence-electron chi connectivity index (χ1n) is 8.63. The summed E-state index contributed by atoms with van der Waals surface area (Å²) in [7, 11) is 0. The van der Waals surface area contributed by atoms with Crippen LogP contribution in [0.15, 0.2) is 18.2 Å². The number of amides is 1.